The van der Waals surface area contributed by atoms with Crippen molar-refractivity contribution in [2.24, 2.45) is 0 Å². The minimum absolute atomic E-state index is 0.0947. The summed E-state index contributed by atoms with van der Waals surface area (Å²) in [5.41, 5.74) is 3.03. The maximum Gasteiger partial charge on any atom is 0.315 e. The number of amides is 2. The lowest BCUT2D eigenvalue weighted by Gasteiger charge is -2.15. The molecule has 132 valence electrons. The topological polar surface area (TPSA) is 76.1 Å². The Hall–Kier alpha value is -2.73. The number of urea groups is 1. The molecule has 1 aromatic carbocycles. The Morgan fingerprint density at radius 3 is 2.60 bits per heavy atom. The third kappa shape index (κ3) is 6.35. The van der Waals surface area contributed by atoms with Gasteiger partial charge in [0.15, 0.2) is 0 Å². The first kappa shape index (κ1) is 18.6. The minimum atomic E-state index is -0.208. The summed E-state index contributed by atoms with van der Waals surface area (Å²) in [6, 6.07) is 7.68. The Morgan fingerprint density at radius 2 is 1.92 bits per heavy atom. The number of ether oxygens (including phenoxy) is 1. The van der Waals surface area contributed by atoms with Gasteiger partial charge in [-0.2, -0.15) is 0 Å². The summed E-state index contributed by atoms with van der Waals surface area (Å²) < 4.78 is 5.35. The number of nitrogens with one attached hydrogen (secondary N) is 2. The van der Waals surface area contributed by atoms with E-state index in [1.807, 2.05) is 31.2 Å². The molecule has 2 aromatic rings. The van der Waals surface area contributed by atoms with Gasteiger partial charge in [-0.25, -0.2) is 14.8 Å². The van der Waals surface area contributed by atoms with Crippen LogP contribution in [0.3, 0.4) is 0 Å². The van der Waals surface area contributed by atoms with Gasteiger partial charge in [0.1, 0.15) is 6.33 Å². The number of aromatic nitrogens is 2. The van der Waals surface area contributed by atoms with E-state index in [9.17, 15) is 4.79 Å². The van der Waals surface area contributed by atoms with E-state index in [1.165, 1.54) is 6.33 Å². The summed E-state index contributed by atoms with van der Waals surface area (Å²) in [6.45, 7) is 7.16. The van der Waals surface area contributed by atoms with Crippen molar-refractivity contribution in [2.75, 3.05) is 19.8 Å². The lowest BCUT2D eigenvalue weighted by Crippen LogP contribution is -2.38. The second kappa shape index (κ2) is 10.2. The summed E-state index contributed by atoms with van der Waals surface area (Å²) in [6.07, 6.45) is 7.67. The van der Waals surface area contributed by atoms with Crippen LogP contribution in [0.15, 0.2) is 55.6 Å². The summed E-state index contributed by atoms with van der Waals surface area (Å²) in [5, 5.41) is 5.69. The van der Waals surface area contributed by atoms with Gasteiger partial charge in [-0.15, -0.1) is 6.58 Å². The van der Waals surface area contributed by atoms with Crippen molar-refractivity contribution >= 4 is 6.03 Å². The van der Waals surface area contributed by atoms with Crippen LogP contribution < -0.4 is 10.6 Å². The van der Waals surface area contributed by atoms with Crippen molar-refractivity contribution in [3.63, 3.8) is 0 Å². The molecule has 0 saturated heterocycles. The van der Waals surface area contributed by atoms with Crippen LogP contribution in [0.5, 0.6) is 0 Å². The van der Waals surface area contributed by atoms with Gasteiger partial charge >= 0.3 is 6.03 Å². The Labute approximate surface area is 148 Å². The molecule has 1 unspecified atom stereocenters. The molecule has 0 saturated carbocycles. The predicted octanol–water partition coefficient (Wildman–Crippen LogP) is 3.10. The second-order valence-electron chi connectivity index (χ2n) is 5.56. The molecule has 0 aliphatic carbocycles. The molecule has 2 N–H and O–H groups in total. The number of carbonyl (C=O) groups is 1. The largest absolute Gasteiger partial charge is 0.379 e. The molecule has 25 heavy (non-hydrogen) atoms. The first-order valence-corrected chi connectivity index (χ1v) is 8.29. The van der Waals surface area contributed by atoms with Crippen LogP contribution in [-0.2, 0) is 4.74 Å². The van der Waals surface area contributed by atoms with Gasteiger partial charge in [-0.3, -0.25) is 0 Å². The van der Waals surface area contributed by atoms with E-state index in [0.29, 0.717) is 19.8 Å². The van der Waals surface area contributed by atoms with Gasteiger partial charge in [0.2, 0.25) is 0 Å². The lowest BCUT2D eigenvalue weighted by molar-refractivity contribution is 0.141. The van der Waals surface area contributed by atoms with Gasteiger partial charge < -0.3 is 15.4 Å². The summed E-state index contributed by atoms with van der Waals surface area (Å²) >= 11 is 0. The van der Waals surface area contributed by atoms with Crippen LogP contribution in [-0.4, -0.2) is 35.8 Å². The van der Waals surface area contributed by atoms with E-state index in [-0.39, 0.29) is 12.1 Å². The number of nitrogens with zero attached hydrogens (tertiary/aromatic N) is 2. The normalized spacial score (nSPS) is 11.6. The Kier molecular flexibility index (Phi) is 7.59. The van der Waals surface area contributed by atoms with Crippen molar-refractivity contribution in [2.45, 2.75) is 19.4 Å². The highest BCUT2D eigenvalue weighted by Crippen LogP contribution is 2.20. The highest BCUT2D eigenvalue weighted by molar-refractivity contribution is 5.74. The van der Waals surface area contributed by atoms with Crippen LogP contribution in [0.2, 0.25) is 0 Å². The van der Waals surface area contributed by atoms with Gasteiger partial charge in [0.05, 0.1) is 19.3 Å². The molecule has 0 aliphatic rings. The van der Waals surface area contributed by atoms with Crippen molar-refractivity contribution < 1.29 is 9.53 Å². The number of hydrogen-bond acceptors (Lipinski definition) is 4. The van der Waals surface area contributed by atoms with Gasteiger partial charge in [-0.05, 0) is 24.5 Å². The van der Waals surface area contributed by atoms with E-state index < -0.39 is 0 Å². The van der Waals surface area contributed by atoms with Crippen LogP contribution in [0.4, 0.5) is 4.79 Å². The second-order valence-corrected chi connectivity index (χ2v) is 5.56. The smallest absolute Gasteiger partial charge is 0.315 e. The Balaban J connectivity index is 1.77. The van der Waals surface area contributed by atoms with Crippen molar-refractivity contribution in [1.29, 1.82) is 0 Å². The highest BCUT2D eigenvalue weighted by Gasteiger charge is 2.09. The average Bonchev–Trinajstić information content (AvgIpc) is 2.65. The zero-order valence-electron chi connectivity index (χ0n) is 14.4. The number of benzene rings is 1. The van der Waals surface area contributed by atoms with E-state index in [2.05, 4.69) is 27.2 Å². The molecule has 1 aromatic heterocycles. The number of hydrogen-bond donors (Lipinski definition) is 2. The molecule has 0 spiro atoms. The molecule has 1 atom stereocenters. The summed E-state index contributed by atoms with van der Waals surface area (Å²) in [4.78, 5) is 19.9. The SMILES string of the molecule is C=CCCOCCNC(=O)NC(C)c1ccc(-c2cncnc2)cc1. The first-order chi connectivity index (χ1) is 12.2. The monoisotopic (exact) mass is 340 g/mol. The van der Waals surface area contributed by atoms with Gasteiger partial charge in [0, 0.05) is 24.5 Å². The average molecular weight is 340 g/mol. The van der Waals surface area contributed by atoms with Crippen LogP contribution in [0, 0.1) is 0 Å². The first-order valence-electron chi connectivity index (χ1n) is 8.29. The fourth-order valence-corrected chi connectivity index (χ4v) is 2.25. The maximum atomic E-state index is 11.9. The predicted molar refractivity (Wildman–Crippen MR) is 98.1 cm³/mol. The number of rotatable bonds is 9. The number of carbonyl (C=O) groups excluding carboxylic acids is 1. The van der Waals surface area contributed by atoms with E-state index >= 15 is 0 Å². The molecule has 0 fully saturated rings. The molecular formula is C19H24N4O2. The zero-order chi connectivity index (χ0) is 17.9. The fourth-order valence-electron chi connectivity index (χ4n) is 2.25. The summed E-state index contributed by atoms with van der Waals surface area (Å²) in [5.74, 6) is 0. The molecule has 1 heterocycles. The highest BCUT2D eigenvalue weighted by atomic mass is 16.5. The van der Waals surface area contributed by atoms with Gasteiger partial charge in [0.25, 0.3) is 0 Å². The molecule has 6 nitrogen and oxygen atoms in total. The van der Waals surface area contributed by atoms with E-state index in [0.717, 1.165) is 23.1 Å². The van der Waals surface area contributed by atoms with Crippen LogP contribution in [0.25, 0.3) is 11.1 Å². The molecule has 0 bridgehead atoms. The van der Waals surface area contributed by atoms with E-state index in [1.54, 1.807) is 18.5 Å². The summed E-state index contributed by atoms with van der Waals surface area (Å²) in [7, 11) is 0. The maximum absolute atomic E-state index is 11.9. The fraction of sp³-hybridized carbons (Fsp3) is 0.316. The van der Waals surface area contributed by atoms with E-state index in [4.69, 9.17) is 4.74 Å². The van der Waals surface area contributed by atoms with Gasteiger partial charge in [-0.1, -0.05) is 30.3 Å². The van der Waals surface area contributed by atoms with Crippen molar-refractivity contribution in [3.05, 3.63) is 61.2 Å². The Morgan fingerprint density at radius 1 is 1.20 bits per heavy atom. The quantitative estimate of drug-likeness (QED) is 0.543. The zero-order valence-corrected chi connectivity index (χ0v) is 14.4. The molecule has 0 radical (unpaired) electrons. The van der Waals surface area contributed by atoms with Crippen LogP contribution in [0.1, 0.15) is 24.9 Å². The Bertz CT molecular complexity index is 659. The minimum Gasteiger partial charge on any atom is -0.379 e. The molecule has 6 heteroatoms. The molecule has 0 aliphatic heterocycles. The molecule has 2 amide bonds. The third-order valence-electron chi connectivity index (χ3n) is 3.65. The standard InChI is InChI=1S/C19H24N4O2/c1-3-4-10-25-11-9-22-19(24)23-15(2)16-5-7-17(8-6-16)18-12-20-14-21-13-18/h3,5-8,12-15H,1,4,9-11H2,2H3,(H2,22,23,24). The van der Waals surface area contributed by atoms with Crippen molar-refractivity contribution in [1.82, 2.24) is 20.6 Å². The lowest BCUT2D eigenvalue weighted by atomic mass is 10.0. The molecular weight excluding hydrogens is 316 g/mol. The molecule has 2 rings (SSSR count). The third-order valence-corrected chi connectivity index (χ3v) is 3.65. The van der Waals surface area contributed by atoms with Crippen molar-refractivity contribution in [3.8, 4) is 11.1 Å². The van der Waals surface area contributed by atoms with Crippen LogP contribution >= 0.6 is 0 Å².